The average Bonchev–Trinajstić information content (AvgIpc) is 3.28. The molecular weight excluding hydrogens is 822 g/mol. The minimum atomic E-state index is -4.38. The second kappa shape index (κ2) is 51.1. The van der Waals surface area contributed by atoms with Crippen molar-refractivity contribution in [3.05, 3.63) is 12.2 Å². The van der Waals surface area contributed by atoms with Crippen molar-refractivity contribution in [1.82, 2.24) is 0 Å². The van der Waals surface area contributed by atoms with E-state index >= 15 is 0 Å². The first kappa shape index (κ1) is 62.8. The van der Waals surface area contributed by atoms with Gasteiger partial charge in [0.2, 0.25) is 0 Å². The Kier molecular flexibility index (Phi) is 50.1. The van der Waals surface area contributed by atoms with Gasteiger partial charge in [-0.2, -0.15) is 0 Å². The molecule has 64 heavy (non-hydrogen) atoms. The van der Waals surface area contributed by atoms with Crippen molar-refractivity contribution in [2.45, 2.75) is 296 Å². The Labute approximate surface area is 396 Å². The third-order valence-electron chi connectivity index (χ3n) is 12.4. The summed E-state index contributed by atoms with van der Waals surface area (Å²) in [5, 5.41) is 0. The van der Waals surface area contributed by atoms with E-state index in [4.69, 9.17) is 24.3 Å². The van der Waals surface area contributed by atoms with E-state index in [0.29, 0.717) is 6.42 Å². The fourth-order valence-electron chi connectivity index (χ4n) is 8.28. The van der Waals surface area contributed by atoms with Gasteiger partial charge >= 0.3 is 19.8 Å². The minimum absolute atomic E-state index is 0.0567. The molecule has 2 unspecified atom stereocenters. The van der Waals surface area contributed by atoms with Crippen LogP contribution in [0.3, 0.4) is 0 Å². The van der Waals surface area contributed by atoms with Gasteiger partial charge in [-0.15, -0.1) is 0 Å². The summed E-state index contributed by atoms with van der Waals surface area (Å²) < 4.78 is 33.0. The van der Waals surface area contributed by atoms with Crippen LogP contribution in [0.4, 0.5) is 0 Å². The first-order chi connectivity index (χ1) is 31.3. The number of allylic oxidation sites excluding steroid dienone is 2. The second-order valence-corrected chi connectivity index (χ2v) is 20.3. The molecule has 10 heteroatoms. The average molecular weight is 928 g/mol. The molecule has 380 valence electrons. The summed E-state index contributed by atoms with van der Waals surface area (Å²) in [4.78, 5) is 35.1. The maximum Gasteiger partial charge on any atom is 0.472 e. The van der Waals surface area contributed by atoms with Gasteiger partial charge in [0.1, 0.15) is 6.61 Å². The number of phosphoric acid groups is 1. The van der Waals surface area contributed by atoms with Crippen LogP contribution < -0.4 is 5.73 Å². The third-order valence-corrected chi connectivity index (χ3v) is 13.4. The Hall–Kier alpha value is -1.25. The normalized spacial score (nSPS) is 13.1. The number of ether oxygens (including phenoxy) is 2. The van der Waals surface area contributed by atoms with Crippen LogP contribution in [-0.2, 0) is 32.7 Å². The largest absolute Gasteiger partial charge is 0.472 e. The third kappa shape index (κ3) is 50.2. The molecule has 0 aliphatic carbocycles. The van der Waals surface area contributed by atoms with Crippen LogP contribution in [0, 0.1) is 0 Å². The van der Waals surface area contributed by atoms with Gasteiger partial charge in [-0.05, 0) is 38.5 Å². The van der Waals surface area contributed by atoms with E-state index in [1.165, 1.54) is 225 Å². The number of unbranched alkanes of at least 4 members (excludes halogenated alkanes) is 38. The quantitative estimate of drug-likeness (QED) is 0.0265. The Balaban J connectivity index is 3.96. The summed E-state index contributed by atoms with van der Waals surface area (Å²) in [5.74, 6) is -0.810. The first-order valence-electron chi connectivity index (χ1n) is 27.7. The van der Waals surface area contributed by atoms with Crippen molar-refractivity contribution in [2.75, 3.05) is 26.4 Å². The lowest BCUT2D eigenvalue weighted by Crippen LogP contribution is -2.29. The van der Waals surface area contributed by atoms with Crippen LogP contribution in [0.5, 0.6) is 0 Å². The summed E-state index contributed by atoms with van der Waals surface area (Å²) in [5.41, 5.74) is 5.38. The molecule has 0 aromatic rings. The lowest BCUT2D eigenvalue weighted by Gasteiger charge is -2.19. The highest BCUT2D eigenvalue weighted by atomic mass is 31.2. The van der Waals surface area contributed by atoms with Gasteiger partial charge in [-0.3, -0.25) is 18.6 Å². The molecule has 0 fully saturated rings. The summed E-state index contributed by atoms with van der Waals surface area (Å²) in [6.07, 6.45) is 56.9. The van der Waals surface area contributed by atoms with E-state index in [2.05, 4.69) is 26.0 Å². The number of esters is 2. The number of nitrogens with two attached hydrogens (primary N) is 1. The molecule has 0 rings (SSSR count). The second-order valence-electron chi connectivity index (χ2n) is 18.8. The topological polar surface area (TPSA) is 134 Å². The molecule has 0 aliphatic rings. The van der Waals surface area contributed by atoms with Crippen molar-refractivity contribution in [3.63, 3.8) is 0 Å². The highest BCUT2D eigenvalue weighted by Crippen LogP contribution is 2.43. The Bertz CT molecular complexity index is 1060. The number of hydrogen-bond donors (Lipinski definition) is 2. The predicted octanol–water partition coefficient (Wildman–Crippen LogP) is 16.9. The monoisotopic (exact) mass is 928 g/mol. The first-order valence-corrected chi connectivity index (χ1v) is 29.2. The van der Waals surface area contributed by atoms with Crippen LogP contribution in [-0.4, -0.2) is 49.3 Å². The number of carbonyl (C=O) groups is 2. The standard InChI is InChI=1S/C54H106NO8P/c1-3-5-7-9-11-13-15-17-19-21-23-25-26-27-29-31-33-35-37-39-41-43-45-47-54(57)63-52(51-62-64(58,59)61-49-48-55)50-60-53(56)46-44-42-40-38-36-34-32-30-28-24-22-20-18-16-14-12-10-8-6-4-2/h21,23,52H,3-20,22,24-51,55H2,1-2H3,(H,58,59)/b23-21-. The molecule has 0 aliphatic heterocycles. The molecule has 0 radical (unpaired) electrons. The molecule has 0 saturated heterocycles. The van der Waals surface area contributed by atoms with Crippen LogP contribution >= 0.6 is 7.82 Å². The van der Waals surface area contributed by atoms with Crippen molar-refractivity contribution >= 4 is 19.8 Å². The molecule has 0 heterocycles. The fraction of sp³-hybridized carbons (Fsp3) is 0.926. The smallest absolute Gasteiger partial charge is 0.462 e. The van der Waals surface area contributed by atoms with Crippen molar-refractivity contribution in [3.8, 4) is 0 Å². The zero-order valence-electron chi connectivity index (χ0n) is 42.3. The molecule has 3 N–H and O–H groups in total. The van der Waals surface area contributed by atoms with E-state index in [9.17, 15) is 19.0 Å². The molecule has 0 aromatic carbocycles. The highest BCUT2D eigenvalue weighted by molar-refractivity contribution is 7.47. The van der Waals surface area contributed by atoms with Crippen molar-refractivity contribution < 1.29 is 37.6 Å². The number of rotatable bonds is 53. The molecule has 0 amide bonds. The van der Waals surface area contributed by atoms with Gasteiger partial charge in [0.15, 0.2) is 6.10 Å². The molecular formula is C54H106NO8P. The van der Waals surface area contributed by atoms with Gasteiger partial charge in [0.25, 0.3) is 0 Å². The van der Waals surface area contributed by atoms with Crippen LogP contribution in [0.15, 0.2) is 12.2 Å². The van der Waals surface area contributed by atoms with E-state index in [1.807, 2.05) is 0 Å². The van der Waals surface area contributed by atoms with Gasteiger partial charge in [0.05, 0.1) is 13.2 Å². The van der Waals surface area contributed by atoms with Gasteiger partial charge in [0, 0.05) is 19.4 Å². The number of hydrogen-bond acceptors (Lipinski definition) is 8. The summed E-state index contributed by atoms with van der Waals surface area (Å²) >= 11 is 0. The SMILES string of the molecule is CCCCCCCCCC/C=C\CCCCCCCCCCCCCC(=O)OC(COC(=O)CCCCCCCCCCCCCCCCCCCCCC)COP(=O)(O)OCCN. The lowest BCUT2D eigenvalue weighted by atomic mass is 10.0. The Morgan fingerprint density at radius 2 is 0.766 bits per heavy atom. The Morgan fingerprint density at radius 3 is 1.11 bits per heavy atom. The molecule has 0 saturated carbocycles. The molecule has 9 nitrogen and oxygen atoms in total. The van der Waals surface area contributed by atoms with Crippen LogP contribution in [0.25, 0.3) is 0 Å². The van der Waals surface area contributed by atoms with E-state index < -0.39 is 26.5 Å². The molecule has 2 atom stereocenters. The highest BCUT2D eigenvalue weighted by Gasteiger charge is 2.26. The predicted molar refractivity (Wildman–Crippen MR) is 271 cm³/mol. The maximum absolute atomic E-state index is 12.7. The van der Waals surface area contributed by atoms with Crippen molar-refractivity contribution in [1.29, 1.82) is 0 Å². The summed E-state index contributed by atoms with van der Waals surface area (Å²) in [6, 6.07) is 0. The van der Waals surface area contributed by atoms with E-state index in [-0.39, 0.29) is 38.6 Å². The molecule has 0 aromatic heterocycles. The van der Waals surface area contributed by atoms with Gasteiger partial charge < -0.3 is 20.1 Å². The molecule has 0 spiro atoms. The summed E-state index contributed by atoms with van der Waals surface area (Å²) in [7, 11) is -4.38. The van der Waals surface area contributed by atoms with Gasteiger partial charge in [-0.25, -0.2) is 4.57 Å². The lowest BCUT2D eigenvalue weighted by molar-refractivity contribution is -0.161. The number of carbonyl (C=O) groups excluding carboxylic acids is 2. The number of phosphoric ester groups is 1. The molecule has 0 bridgehead atoms. The van der Waals surface area contributed by atoms with E-state index in [0.717, 1.165) is 32.1 Å². The zero-order valence-corrected chi connectivity index (χ0v) is 43.2. The fourth-order valence-corrected chi connectivity index (χ4v) is 9.05. The van der Waals surface area contributed by atoms with Gasteiger partial charge in [-0.1, -0.05) is 251 Å². The Morgan fingerprint density at radius 1 is 0.453 bits per heavy atom. The van der Waals surface area contributed by atoms with E-state index in [1.54, 1.807) is 0 Å². The maximum atomic E-state index is 12.7. The van der Waals surface area contributed by atoms with Crippen LogP contribution in [0.1, 0.15) is 290 Å². The zero-order chi connectivity index (χ0) is 46.7. The van der Waals surface area contributed by atoms with Crippen molar-refractivity contribution in [2.24, 2.45) is 5.73 Å². The minimum Gasteiger partial charge on any atom is -0.462 e. The van der Waals surface area contributed by atoms with Crippen LogP contribution in [0.2, 0.25) is 0 Å². The summed E-state index contributed by atoms with van der Waals surface area (Å²) in [6.45, 7) is 3.80.